The Morgan fingerprint density at radius 1 is 1.38 bits per heavy atom. The van der Waals surface area contributed by atoms with E-state index in [2.05, 4.69) is 44.5 Å². The van der Waals surface area contributed by atoms with Gasteiger partial charge in [0.25, 0.3) is 0 Å². The highest BCUT2D eigenvalue weighted by molar-refractivity contribution is 9.10. The third-order valence-corrected chi connectivity index (χ3v) is 3.51. The normalized spacial score (nSPS) is 15.8. The second-order valence-electron chi connectivity index (χ2n) is 4.01. The maximum absolute atomic E-state index is 4.84. The summed E-state index contributed by atoms with van der Waals surface area (Å²) >= 11 is 3.64. The molecule has 1 aromatic carbocycles. The van der Waals surface area contributed by atoms with Crippen LogP contribution in [0.15, 0.2) is 22.7 Å². The van der Waals surface area contributed by atoms with Crippen LogP contribution in [0.25, 0.3) is 0 Å². The summed E-state index contributed by atoms with van der Waals surface area (Å²) in [5, 5.41) is 0. The van der Waals surface area contributed by atoms with E-state index in [9.17, 15) is 0 Å². The Kier molecular flexibility index (Phi) is 4.21. The molecular formula is C12H17BrN2O. The molecule has 1 heterocycles. The lowest BCUT2D eigenvalue weighted by Gasteiger charge is -2.19. The standard InChI is InChI=1S/C12H17BrN2O/c1-16-14-9-10-4-5-12(11(13)8-10)15-6-2-3-7-15/h4-5,8,14H,2-3,6-7,9H2,1H3. The summed E-state index contributed by atoms with van der Waals surface area (Å²) in [5.74, 6) is 0. The van der Waals surface area contributed by atoms with E-state index in [0.29, 0.717) is 0 Å². The Bertz CT molecular complexity index is 351. The lowest BCUT2D eigenvalue weighted by atomic mass is 10.2. The first-order valence-corrected chi connectivity index (χ1v) is 6.40. The molecule has 1 aliphatic heterocycles. The molecule has 1 aromatic rings. The van der Waals surface area contributed by atoms with Crippen LogP contribution in [0.3, 0.4) is 0 Å². The number of rotatable bonds is 4. The fourth-order valence-electron chi connectivity index (χ4n) is 2.03. The van der Waals surface area contributed by atoms with Crippen LogP contribution in [-0.2, 0) is 11.4 Å². The minimum Gasteiger partial charge on any atom is -0.371 e. The van der Waals surface area contributed by atoms with Crippen molar-refractivity contribution in [3.05, 3.63) is 28.2 Å². The van der Waals surface area contributed by atoms with Gasteiger partial charge in [0.15, 0.2) is 0 Å². The minimum atomic E-state index is 0.732. The number of nitrogens with one attached hydrogen (secondary N) is 1. The summed E-state index contributed by atoms with van der Waals surface area (Å²) in [4.78, 5) is 7.27. The first-order chi connectivity index (χ1) is 7.81. The molecular weight excluding hydrogens is 268 g/mol. The number of halogens is 1. The summed E-state index contributed by atoms with van der Waals surface area (Å²) in [7, 11) is 1.63. The van der Waals surface area contributed by atoms with Gasteiger partial charge < -0.3 is 9.74 Å². The van der Waals surface area contributed by atoms with Crippen LogP contribution in [-0.4, -0.2) is 20.2 Å². The quantitative estimate of drug-likeness (QED) is 0.861. The van der Waals surface area contributed by atoms with Crippen LogP contribution < -0.4 is 10.4 Å². The molecule has 2 rings (SSSR count). The van der Waals surface area contributed by atoms with Crippen LogP contribution in [0, 0.1) is 0 Å². The predicted octanol–water partition coefficient (Wildman–Crippen LogP) is 2.70. The average Bonchev–Trinajstić information content (AvgIpc) is 2.80. The van der Waals surface area contributed by atoms with E-state index in [4.69, 9.17) is 4.84 Å². The maximum Gasteiger partial charge on any atom is 0.0572 e. The monoisotopic (exact) mass is 284 g/mol. The molecule has 16 heavy (non-hydrogen) atoms. The molecule has 0 unspecified atom stereocenters. The fraction of sp³-hybridized carbons (Fsp3) is 0.500. The molecule has 0 aromatic heterocycles. The molecule has 3 nitrogen and oxygen atoms in total. The second kappa shape index (κ2) is 5.66. The van der Waals surface area contributed by atoms with Crippen molar-refractivity contribution >= 4 is 21.6 Å². The van der Waals surface area contributed by atoms with E-state index in [-0.39, 0.29) is 0 Å². The maximum atomic E-state index is 4.84. The number of benzene rings is 1. The van der Waals surface area contributed by atoms with Gasteiger partial charge in [0.05, 0.1) is 12.8 Å². The van der Waals surface area contributed by atoms with Crippen molar-refractivity contribution in [2.24, 2.45) is 0 Å². The highest BCUT2D eigenvalue weighted by atomic mass is 79.9. The zero-order chi connectivity index (χ0) is 11.4. The van der Waals surface area contributed by atoms with Gasteiger partial charge in [0.1, 0.15) is 0 Å². The molecule has 1 saturated heterocycles. The van der Waals surface area contributed by atoms with E-state index in [1.807, 2.05) is 0 Å². The van der Waals surface area contributed by atoms with Gasteiger partial charge in [-0.3, -0.25) is 0 Å². The van der Waals surface area contributed by atoms with Crippen LogP contribution in [0.5, 0.6) is 0 Å². The van der Waals surface area contributed by atoms with Gasteiger partial charge in [-0.1, -0.05) is 6.07 Å². The van der Waals surface area contributed by atoms with Gasteiger partial charge in [-0.25, -0.2) is 0 Å². The SMILES string of the molecule is CONCc1ccc(N2CCCC2)c(Br)c1. The first-order valence-electron chi connectivity index (χ1n) is 5.60. The molecule has 4 heteroatoms. The molecule has 1 fully saturated rings. The summed E-state index contributed by atoms with van der Waals surface area (Å²) in [6, 6.07) is 6.48. The largest absolute Gasteiger partial charge is 0.371 e. The number of anilines is 1. The third-order valence-electron chi connectivity index (χ3n) is 2.88. The summed E-state index contributed by atoms with van der Waals surface area (Å²) < 4.78 is 1.17. The topological polar surface area (TPSA) is 24.5 Å². The van der Waals surface area contributed by atoms with Crippen LogP contribution in [0.4, 0.5) is 5.69 Å². The number of hydroxylamine groups is 1. The van der Waals surface area contributed by atoms with Crippen molar-refractivity contribution < 1.29 is 4.84 Å². The van der Waals surface area contributed by atoms with Crippen molar-refractivity contribution in [2.45, 2.75) is 19.4 Å². The molecule has 0 bridgehead atoms. The molecule has 88 valence electrons. The average molecular weight is 285 g/mol. The lowest BCUT2D eigenvalue weighted by molar-refractivity contribution is 0.0867. The Morgan fingerprint density at radius 3 is 2.75 bits per heavy atom. The highest BCUT2D eigenvalue weighted by Gasteiger charge is 2.14. The number of nitrogens with zero attached hydrogens (tertiary/aromatic N) is 1. The van der Waals surface area contributed by atoms with Crippen LogP contribution in [0.1, 0.15) is 18.4 Å². The van der Waals surface area contributed by atoms with Crippen LogP contribution in [0.2, 0.25) is 0 Å². The predicted molar refractivity (Wildman–Crippen MR) is 69.4 cm³/mol. The molecule has 1 aliphatic rings. The minimum absolute atomic E-state index is 0.732. The van der Waals surface area contributed by atoms with Gasteiger partial charge in [-0.15, -0.1) is 0 Å². The first kappa shape index (κ1) is 11.9. The Balaban J connectivity index is 2.09. The molecule has 0 amide bonds. The van der Waals surface area contributed by atoms with Crippen molar-refractivity contribution in [1.29, 1.82) is 0 Å². The molecule has 0 atom stereocenters. The zero-order valence-corrected chi connectivity index (χ0v) is 11.1. The molecule has 0 aliphatic carbocycles. The van der Waals surface area contributed by atoms with Gasteiger partial charge in [-0.2, -0.15) is 5.48 Å². The van der Waals surface area contributed by atoms with Gasteiger partial charge in [0.2, 0.25) is 0 Å². The Hall–Kier alpha value is -0.580. The number of hydrogen-bond donors (Lipinski definition) is 1. The lowest BCUT2D eigenvalue weighted by Crippen LogP contribution is -2.18. The van der Waals surface area contributed by atoms with E-state index < -0.39 is 0 Å². The van der Waals surface area contributed by atoms with Crippen molar-refractivity contribution in [2.75, 3.05) is 25.1 Å². The van der Waals surface area contributed by atoms with Gasteiger partial charge in [-0.05, 0) is 46.5 Å². The van der Waals surface area contributed by atoms with Crippen molar-refractivity contribution in [1.82, 2.24) is 5.48 Å². The van der Waals surface area contributed by atoms with E-state index in [0.717, 1.165) is 6.54 Å². The van der Waals surface area contributed by atoms with Gasteiger partial charge >= 0.3 is 0 Å². The molecule has 0 saturated carbocycles. The molecule has 1 N–H and O–H groups in total. The smallest absolute Gasteiger partial charge is 0.0572 e. The summed E-state index contributed by atoms with van der Waals surface area (Å²) in [6.45, 7) is 3.08. The van der Waals surface area contributed by atoms with Crippen molar-refractivity contribution in [3.8, 4) is 0 Å². The van der Waals surface area contributed by atoms with Gasteiger partial charge in [0, 0.05) is 24.1 Å². The molecule has 0 radical (unpaired) electrons. The Morgan fingerprint density at radius 2 is 2.12 bits per heavy atom. The molecule has 0 spiro atoms. The second-order valence-corrected chi connectivity index (χ2v) is 4.86. The van der Waals surface area contributed by atoms with Crippen LogP contribution >= 0.6 is 15.9 Å². The summed E-state index contributed by atoms with van der Waals surface area (Å²) in [6.07, 6.45) is 2.61. The summed E-state index contributed by atoms with van der Waals surface area (Å²) in [5.41, 5.74) is 5.37. The van der Waals surface area contributed by atoms with E-state index >= 15 is 0 Å². The fourth-order valence-corrected chi connectivity index (χ4v) is 2.71. The van der Waals surface area contributed by atoms with Crippen molar-refractivity contribution in [3.63, 3.8) is 0 Å². The number of hydrogen-bond acceptors (Lipinski definition) is 3. The zero-order valence-electron chi connectivity index (χ0n) is 9.50. The third kappa shape index (κ3) is 2.75. The van der Waals surface area contributed by atoms with E-state index in [1.54, 1.807) is 7.11 Å². The van der Waals surface area contributed by atoms with E-state index in [1.165, 1.54) is 41.7 Å². The highest BCUT2D eigenvalue weighted by Crippen LogP contribution is 2.29. The Labute approximate surface area is 105 Å².